The van der Waals surface area contributed by atoms with E-state index in [9.17, 15) is 9.90 Å². The van der Waals surface area contributed by atoms with Crippen molar-refractivity contribution in [2.24, 2.45) is 11.3 Å². The normalized spacial score (nSPS) is 13.0. The van der Waals surface area contributed by atoms with Crippen LogP contribution in [0.5, 0.6) is 0 Å². The molecule has 1 unspecified atom stereocenters. The first kappa shape index (κ1) is 20.5. The lowest BCUT2D eigenvalue weighted by Crippen LogP contribution is -2.39. The van der Waals surface area contributed by atoms with E-state index in [4.69, 9.17) is 0 Å². The summed E-state index contributed by atoms with van der Waals surface area (Å²) in [5.74, 6) is 0.439. The number of aliphatic hydroxyl groups is 1. The van der Waals surface area contributed by atoms with E-state index in [2.05, 4.69) is 45.3 Å². The quantitative estimate of drug-likeness (QED) is 0.640. The van der Waals surface area contributed by atoms with Crippen LogP contribution in [-0.2, 0) is 0 Å². The summed E-state index contributed by atoms with van der Waals surface area (Å²) < 4.78 is 0. The molecule has 0 heterocycles. The number of carbonyl (C=O) groups excluding carboxylic acids is 1. The van der Waals surface area contributed by atoms with E-state index in [-0.39, 0.29) is 17.9 Å². The largest absolute Gasteiger partial charge is 0.396 e. The molecule has 0 aliphatic rings. The van der Waals surface area contributed by atoms with Gasteiger partial charge in [0.25, 0.3) is 5.91 Å². The van der Waals surface area contributed by atoms with Gasteiger partial charge in [-0.05, 0) is 50.3 Å². The Balaban J connectivity index is 2.88. The molecule has 0 aromatic heterocycles. The van der Waals surface area contributed by atoms with Gasteiger partial charge in [-0.1, -0.05) is 33.8 Å². The first-order chi connectivity index (χ1) is 11.3. The van der Waals surface area contributed by atoms with Gasteiger partial charge in [-0.2, -0.15) is 0 Å². The standard InChI is InChI=1S/C20H34N2O2/c1-7-20(8-2,13-23)12-21-19(24)17-10-9-11-18(15(17)5)22-16(6)14(3)4/h9-11,14,16,22-23H,7-8,12-13H2,1-6H3,(H,21,24). The average Bonchev–Trinajstić information content (AvgIpc) is 2.58. The molecule has 0 saturated carbocycles. The van der Waals surface area contributed by atoms with E-state index in [0.717, 1.165) is 24.1 Å². The molecule has 0 aliphatic heterocycles. The van der Waals surface area contributed by atoms with E-state index in [1.54, 1.807) is 0 Å². The van der Waals surface area contributed by atoms with Crippen LogP contribution in [-0.4, -0.2) is 30.2 Å². The van der Waals surface area contributed by atoms with Crippen molar-refractivity contribution in [3.8, 4) is 0 Å². The maximum absolute atomic E-state index is 12.6. The molecular formula is C20H34N2O2. The Bertz CT molecular complexity index is 528. The minimum absolute atomic E-state index is 0.0759. The van der Waals surface area contributed by atoms with Gasteiger partial charge in [0.15, 0.2) is 0 Å². The minimum Gasteiger partial charge on any atom is -0.396 e. The summed E-state index contributed by atoms with van der Waals surface area (Å²) in [5, 5.41) is 16.1. The summed E-state index contributed by atoms with van der Waals surface area (Å²) in [6.07, 6.45) is 1.68. The molecule has 3 N–H and O–H groups in total. The van der Waals surface area contributed by atoms with Crippen LogP contribution < -0.4 is 10.6 Å². The Morgan fingerprint density at radius 1 is 1.21 bits per heavy atom. The van der Waals surface area contributed by atoms with Gasteiger partial charge >= 0.3 is 0 Å². The Labute approximate surface area is 147 Å². The highest BCUT2D eigenvalue weighted by molar-refractivity contribution is 5.97. The van der Waals surface area contributed by atoms with Crippen LogP contribution >= 0.6 is 0 Å². The van der Waals surface area contributed by atoms with Crippen molar-refractivity contribution < 1.29 is 9.90 Å². The maximum Gasteiger partial charge on any atom is 0.251 e. The number of aliphatic hydroxyl groups excluding tert-OH is 1. The average molecular weight is 335 g/mol. The minimum atomic E-state index is -0.231. The van der Waals surface area contributed by atoms with Gasteiger partial charge in [0.1, 0.15) is 0 Å². The molecule has 0 fully saturated rings. The third kappa shape index (κ3) is 4.97. The molecular weight excluding hydrogens is 300 g/mol. The lowest BCUT2D eigenvalue weighted by atomic mass is 9.83. The fourth-order valence-electron chi connectivity index (χ4n) is 2.59. The third-order valence-corrected chi connectivity index (χ3v) is 5.42. The van der Waals surface area contributed by atoms with Crippen molar-refractivity contribution in [1.29, 1.82) is 0 Å². The molecule has 1 aromatic rings. The second kappa shape index (κ2) is 9.07. The zero-order chi connectivity index (χ0) is 18.3. The van der Waals surface area contributed by atoms with Crippen molar-refractivity contribution >= 4 is 11.6 Å². The summed E-state index contributed by atoms with van der Waals surface area (Å²) in [7, 11) is 0. The third-order valence-electron chi connectivity index (χ3n) is 5.42. The Kier molecular flexibility index (Phi) is 7.74. The number of amides is 1. The molecule has 0 bridgehead atoms. The fraction of sp³-hybridized carbons (Fsp3) is 0.650. The van der Waals surface area contributed by atoms with E-state index in [0.29, 0.717) is 24.1 Å². The summed E-state index contributed by atoms with van der Waals surface area (Å²) >= 11 is 0. The number of hydrogen-bond donors (Lipinski definition) is 3. The van der Waals surface area contributed by atoms with E-state index in [1.165, 1.54) is 0 Å². The summed E-state index contributed by atoms with van der Waals surface area (Å²) in [4.78, 5) is 12.6. The summed E-state index contributed by atoms with van der Waals surface area (Å²) in [6, 6.07) is 6.12. The van der Waals surface area contributed by atoms with Gasteiger partial charge in [0, 0.05) is 29.3 Å². The molecule has 136 valence electrons. The predicted octanol–water partition coefficient (Wildman–Crippen LogP) is 3.98. The smallest absolute Gasteiger partial charge is 0.251 e. The predicted molar refractivity (Wildman–Crippen MR) is 102 cm³/mol. The van der Waals surface area contributed by atoms with Gasteiger partial charge in [0.2, 0.25) is 0 Å². The molecule has 1 amide bonds. The van der Waals surface area contributed by atoms with Crippen LogP contribution in [0.3, 0.4) is 0 Å². The Hall–Kier alpha value is -1.55. The molecule has 24 heavy (non-hydrogen) atoms. The molecule has 0 saturated heterocycles. The van der Waals surface area contributed by atoms with Crippen molar-refractivity contribution in [3.63, 3.8) is 0 Å². The molecule has 4 heteroatoms. The molecule has 1 aromatic carbocycles. The molecule has 1 atom stereocenters. The highest BCUT2D eigenvalue weighted by atomic mass is 16.3. The second-order valence-corrected chi connectivity index (χ2v) is 7.20. The number of hydrogen-bond acceptors (Lipinski definition) is 3. The van der Waals surface area contributed by atoms with Gasteiger partial charge < -0.3 is 15.7 Å². The van der Waals surface area contributed by atoms with Gasteiger partial charge in [0.05, 0.1) is 6.61 Å². The Morgan fingerprint density at radius 3 is 2.33 bits per heavy atom. The Morgan fingerprint density at radius 2 is 1.83 bits per heavy atom. The van der Waals surface area contributed by atoms with E-state index < -0.39 is 0 Å². The maximum atomic E-state index is 12.6. The van der Waals surface area contributed by atoms with Crippen LogP contribution in [0, 0.1) is 18.3 Å². The SMILES string of the molecule is CCC(CC)(CO)CNC(=O)c1cccc(NC(C)C(C)C)c1C. The van der Waals surface area contributed by atoms with Crippen LogP contribution in [0.15, 0.2) is 18.2 Å². The first-order valence-corrected chi connectivity index (χ1v) is 9.05. The highest BCUT2D eigenvalue weighted by Gasteiger charge is 2.26. The van der Waals surface area contributed by atoms with Crippen LogP contribution in [0.1, 0.15) is 63.4 Å². The number of benzene rings is 1. The zero-order valence-electron chi connectivity index (χ0n) is 16.1. The molecule has 4 nitrogen and oxygen atoms in total. The van der Waals surface area contributed by atoms with Gasteiger partial charge in [-0.3, -0.25) is 4.79 Å². The van der Waals surface area contributed by atoms with E-state index in [1.807, 2.05) is 25.1 Å². The number of carbonyl (C=O) groups is 1. The lowest BCUT2D eigenvalue weighted by molar-refractivity contribution is 0.0850. The van der Waals surface area contributed by atoms with Crippen LogP contribution in [0.4, 0.5) is 5.69 Å². The van der Waals surface area contributed by atoms with Crippen molar-refractivity contribution in [2.75, 3.05) is 18.5 Å². The monoisotopic (exact) mass is 334 g/mol. The van der Waals surface area contributed by atoms with Gasteiger partial charge in [-0.15, -0.1) is 0 Å². The van der Waals surface area contributed by atoms with Crippen molar-refractivity contribution in [2.45, 2.75) is 60.4 Å². The molecule has 0 spiro atoms. The highest BCUT2D eigenvalue weighted by Crippen LogP contribution is 2.25. The van der Waals surface area contributed by atoms with Crippen molar-refractivity contribution in [1.82, 2.24) is 5.32 Å². The molecule has 1 rings (SSSR count). The number of nitrogens with one attached hydrogen (secondary N) is 2. The topological polar surface area (TPSA) is 61.4 Å². The van der Waals surface area contributed by atoms with Gasteiger partial charge in [-0.25, -0.2) is 0 Å². The van der Waals surface area contributed by atoms with E-state index >= 15 is 0 Å². The van der Waals surface area contributed by atoms with Crippen molar-refractivity contribution in [3.05, 3.63) is 29.3 Å². The lowest BCUT2D eigenvalue weighted by Gasteiger charge is -2.29. The fourth-order valence-corrected chi connectivity index (χ4v) is 2.59. The van der Waals surface area contributed by atoms with Crippen LogP contribution in [0.25, 0.3) is 0 Å². The summed E-state index contributed by atoms with van der Waals surface area (Å²) in [6.45, 7) is 13.2. The number of anilines is 1. The molecule has 0 aliphatic carbocycles. The number of rotatable bonds is 9. The first-order valence-electron chi connectivity index (χ1n) is 9.05. The zero-order valence-corrected chi connectivity index (χ0v) is 16.1. The second-order valence-electron chi connectivity index (χ2n) is 7.20. The molecule has 0 radical (unpaired) electrons. The summed E-state index contributed by atoms with van der Waals surface area (Å²) in [5.41, 5.74) is 2.43. The van der Waals surface area contributed by atoms with Crippen LogP contribution in [0.2, 0.25) is 0 Å².